The molecule has 114 valence electrons. The Morgan fingerprint density at radius 3 is 2.04 bits per heavy atom. The van der Waals surface area contributed by atoms with Gasteiger partial charge in [0.15, 0.2) is 5.58 Å². The van der Waals surface area contributed by atoms with Gasteiger partial charge in [0.25, 0.3) is 0 Å². The molecule has 0 aliphatic rings. The van der Waals surface area contributed by atoms with E-state index in [1.807, 2.05) is 0 Å². The van der Waals surface area contributed by atoms with Crippen LogP contribution in [0.5, 0.6) is 0 Å². The fourth-order valence-corrected chi connectivity index (χ4v) is 3.28. The summed E-state index contributed by atoms with van der Waals surface area (Å²) in [5, 5.41) is 2.35. The summed E-state index contributed by atoms with van der Waals surface area (Å²) in [5.74, 6) is 0. The van der Waals surface area contributed by atoms with E-state index in [2.05, 4.69) is 86.5 Å². The van der Waals surface area contributed by atoms with Crippen LogP contribution in [0.4, 0.5) is 11.4 Å². The summed E-state index contributed by atoms with van der Waals surface area (Å²) in [6.45, 7) is 4.23. The van der Waals surface area contributed by atoms with Crippen molar-refractivity contribution in [1.82, 2.24) is 0 Å². The zero-order chi connectivity index (χ0) is 16.0. The lowest BCUT2D eigenvalue weighted by atomic mass is 10.1. The highest BCUT2D eigenvalue weighted by molar-refractivity contribution is 6.10. The maximum Gasteiger partial charge on any atom is 0.159 e. The van der Waals surface area contributed by atoms with Crippen molar-refractivity contribution < 1.29 is 4.42 Å². The molecule has 1 aromatic heterocycles. The Kier molecular flexibility index (Phi) is 3.12. The van der Waals surface area contributed by atoms with Crippen molar-refractivity contribution in [3.63, 3.8) is 0 Å². The molecule has 23 heavy (non-hydrogen) atoms. The predicted molar refractivity (Wildman–Crippen MR) is 97.7 cm³/mol. The van der Waals surface area contributed by atoms with Crippen molar-refractivity contribution in [2.24, 2.45) is 0 Å². The van der Waals surface area contributed by atoms with Gasteiger partial charge in [0, 0.05) is 23.5 Å². The lowest BCUT2D eigenvalue weighted by Gasteiger charge is -2.21. The molecule has 0 aliphatic carbocycles. The van der Waals surface area contributed by atoms with Gasteiger partial charge in [-0.2, -0.15) is 0 Å². The van der Waals surface area contributed by atoms with Crippen molar-refractivity contribution in [2.75, 3.05) is 11.9 Å². The SMILES string of the molecule is Cc1ccccc1N(C)c1cccc2c1oc1c(C)cccc12. The molecule has 0 atom stereocenters. The first-order valence-corrected chi connectivity index (χ1v) is 7.87. The summed E-state index contributed by atoms with van der Waals surface area (Å²) in [5.41, 5.74) is 6.63. The lowest BCUT2D eigenvalue weighted by molar-refractivity contribution is 0.665. The zero-order valence-electron chi connectivity index (χ0n) is 13.6. The number of furan rings is 1. The predicted octanol–water partition coefficient (Wildman–Crippen LogP) is 5.97. The Balaban J connectivity index is 1.99. The van der Waals surface area contributed by atoms with Gasteiger partial charge < -0.3 is 9.32 Å². The second kappa shape index (κ2) is 5.17. The molecule has 0 unspecified atom stereocenters. The Labute approximate surface area is 136 Å². The van der Waals surface area contributed by atoms with Gasteiger partial charge in [-0.05, 0) is 37.1 Å². The minimum absolute atomic E-state index is 0.947. The molecular formula is C21H19NO. The monoisotopic (exact) mass is 301 g/mol. The van der Waals surface area contributed by atoms with E-state index in [4.69, 9.17) is 4.42 Å². The van der Waals surface area contributed by atoms with Gasteiger partial charge in [0.05, 0.1) is 5.69 Å². The molecule has 0 fully saturated rings. The summed E-state index contributed by atoms with van der Waals surface area (Å²) in [7, 11) is 2.09. The van der Waals surface area contributed by atoms with Crippen LogP contribution in [0.3, 0.4) is 0 Å². The summed E-state index contributed by atoms with van der Waals surface area (Å²) in [6, 6.07) is 21.1. The molecule has 0 bridgehead atoms. The van der Waals surface area contributed by atoms with E-state index in [1.54, 1.807) is 0 Å². The van der Waals surface area contributed by atoms with Crippen molar-refractivity contribution >= 4 is 33.3 Å². The van der Waals surface area contributed by atoms with Crippen LogP contribution in [-0.4, -0.2) is 7.05 Å². The molecule has 0 N–H and O–H groups in total. The highest BCUT2D eigenvalue weighted by atomic mass is 16.3. The van der Waals surface area contributed by atoms with Crippen LogP contribution >= 0.6 is 0 Å². The maximum atomic E-state index is 6.26. The standard InChI is InChI=1S/C21H19NO/c1-14-8-4-5-12-18(14)22(3)19-13-7-11-17-16-10-6-9-15(2)20(16)23-21(17)19/h4-13H,1-3H3. The number of nitrogens with zero attached hydrogens (tertiary/aromatic N) is 1. The van der Waals surface area contributed by atoms with Crippen LogP contribution in [0, 0.1) is 13.8 Å². The quantitative estimate of drug-likeness (QED) is 0.453. The third-order valence-corrected chi connectivity index (χ3v) is 4.54. The van der Waals surface area contributed by atoms with E-state index in [0.29, 0.717) is 0 Å². The molecule has 0 aliphatic heterocycles. The number of hydrogen-bond donors (Lipinski definition) is 0. The van der Waals surface area contributed by atoms with Crippen LogP contribution in [0.25, 0.3) is 21.9 Å². The number of para-hydroxylation sites is 3. The Morgan fingerprint density at radius 1 is 0.652 bits per heavy atom. The first-order chi connectivity index (χ1) is 11.2. The second-order valence-electron chi connectivity index (χ2n) is 6.05. The number of aryl methyl sites for hydroxylation is 2. The average molecular weight is 301 g/mol. The van der Waals surface area contributed by atoms with Gasteiger partial charge in [-0.25, -0.2) is 0 Å². The third kappa shape index (κ3) is 2.10. The zero-order valence-corrected chi connectivity index (χ0v) is 13.6. The number of rotatable bonds is 2. The molecule has 4 rings (SSSR count). The Bertz CT molecular complexity index is 1010. The summed E-state index contributed by atoms with van der Waals surface area (Å²) in [4.78, 5) is 2.20. The Hall–Kier alpha value is -2.74. The fourth-order valence-electron chi connectivity index (χ4n) is 3.28. The van der Waals surface area contributed by atoms with Crippen molar-refractivity contribution in [1.29, 1.82) is 0 Å². The number of fused-ring (bicyclic) bond motifs is 3. The molecule has 0 spiro atoms. The van der Waals surface area contributed by atoms with E-state index in [0.717, 1.165) is 16.9 Å². The van der Waals surface area contributed by atoms with Crippen molar-refractivity contribution in [2.45, 2.75) is 13.8 Å². The van der Waals surface area contributed by atoms with Crippen LogP contribution in [-0.2, 0) is 0 Å². The molecule has 3 aromatic carbocycles. The summed E-state index contributed by atoms with van der Waals surface area (Å²) in [6.07, 6.45) is 0. The summed E-state index contributed by atoms with van der Waals surface area (Å²) < 4.78 is 6.26. The van der Waals surface area contributed by atoms with Gasteiger partial charge in [-0.3, -0.25) is 0 Å². The average Bonchev–Trinajstić information content (AvgIpc) is 2.95. The van der Waals surface area contributed by atoms with E-state index in [-0.39, 0.29) is 0 Å². The molecular weight excluding hydrogens is 282 g/mol. The van der Waals surface area contributed by atoms with Gasteiger partial charge in [0.1, 0.15) is 5.58 Å². The van der Waals surface area contributed by atoms with Gasteiger partial charge in [-0.1, -0.05) is 48.5 Å². The number of hydrogen-bond acceptors (Lipinski definition) is 2. The van der Waals surface area contributed by atoms with E-state index >= 15 is 0 Å². The third-order valence-electron chi connectivity index (χ3n) is 4.54. The van der Waals surface area contributed by atoms with Crippen molar-refractivity contribution in [3.8, 4) is 0 Å². The first-order valence-electron chi connectivity index (χ1n) is 7.87. The summed E-state index contributed by atoms with van der Waals surface area (Å²) >= 11 is 0. The molecule has 2 heteroatoms. The molecule has 1 heterocycles. The topological polar surface area (TPSA) is 16.4 Å². The molecule has 0 radical (unpaired) electrons. The minimum Gasteiger partial charge on any atom is -0.454 e. The lowest BCUT2D eigenvalue weighted by Crippen LogP contribution is -2.10. The second-order valence-corrected chi connectivity index (χ2v) is 6.05. The molecule has 0 saturated heterocycles. The molecule has 0 saturated carbocycles. The van der Waals surface area contributed by atoms with Crippen LogP contribution in [0.15, 0.2) is 65.1 Å². The van der Waals surface area contributed by atoms with Gasteiger partial charge in [-0.15, -0.1) is 0 Å². The molecule has 4 aromatic rings. The maximum absolute atomic E-state index is 6.26. The van der Waals surface area contributed by atoms with Crippen LogP contribution in [0.1, 0.15) is 11.1 Å². The normalized spacial score (nSPS) is 11.3. The largest absolute Gasteiger partial charge is 0.454 e. The Morgan fingerprint density at radius 2 is 1.26 bits per heavy atom. The fraction of sp³-hybridized carbons (Fsp3) is 0.143. The highest BCUT2D eigenvalue weighted by Crippen LogP contribution is 2.38. The smallest absolute Gasteiger partial charge is 0.159 e. The molecule has 0 amide bonds. The van der Waals surface area contributed by atoms with Crippen molar-refractivity contribution in [3.05, 3.63) is 71.8 Å². The number of anilines is 2. The van der Waals surface area contributed by atoms with E-state index < -0.39 is 0 Å². The molecule has 2 nitrogen and oxygen atoms in total. The van der Waals surface area contributed by atoms with E-state index in [1.165, 1.54) is 27.6 Å². The van der Waals surface area contributed by atoms with Crippen LogP contribution in [0.2, 0.25) is 0 Å². The van der Waals surface area contributed by atoms with Crippen LogP contribution < -0.4 is 4.90 Å². The highest BCUT2D eigenvalue weighted by Gasteiger charge is 2.15. The van der Waals surface area contributed by atoms with E-state index in [9.17, 15) is 0 Å². The number of benzene rings is 3. The van der Waals surface area contributed by atoms with Gasteiger partial charge >= 0.3 is 0 Å². The minimum atomic E-state index is 0.947. The van der Waals surface area contributed by atoms with Gasteiger partial charge in [0.2, 0.25) is 0 Å². The first kappa shape index (κ1) is 13.9.